The number of hydrogen-bond donors (Lipinski definition) is 2. The molecule has 0 spiro atoms. The first-order chi connectivity index (χ1) is 3.79. The minimum Gasteiger partial charge on any atom is -0.480 e. The summed E-state index contributed by atoms with van der Waals surface area (Å²) in [6.07, 6.45) is 2.29. The Labute approximate surface area is 59.9 Å². The summed E-state index contributed by atoms with van der Waals surface area (Å²) >= 11 is 0. The number of aliphatic carboxylic acids is 1. The van der Waals surface area contributed by atoms with E-state index in [9.17, 15) is 4.79 Å². The molecule has 1 aliphatic rings. The zero-order valence-electron chi connectivity index (χ0n) is 4.96. The molecule has 0 atom stereocenters. The van der Waals surface area contributed by atoms with Gasteiger partial charge in [0.2, 0.25) is 0 Å². The summed E-state index contributed by atoms with van der Waals surface area (Å²) in [5.41, 5.74) is 0. The van der Waals surface area contributed by atoms with Crippen molar-refractivity contribution in [2.24, 2.45) is 0 Å². The smallest absolute Gasteiger partial charge is 0.317 e. The minimum atomic E-state index is -0.767. The van der Waals surface area contributed by atoms with E-state index in [0.29, 0.717) is 6.04 Å². The highest BCUT2D eigenvalue weighted by atomic mass is 35.5. The number of carbonyl (C=O) groups is 1. The second kappa shape index (κ2) is 3.69. The van der Waals surface area contributed by atoms with Crippen molar-refractivity contribution in [2.45, 2.75) is 18.9 Å². The van der Waals surface area contributed by atoms with Gasteiger partial charge in [0.25, 0.3) is 0 Å². The van der Waals surface area contributed by atoms with Crippen LogP contribution in [-0.4, -0.2) is 23.7 Å². The number of hydrogen-bond acceptors (Lipinski definition) is 2. The van der Waals surface area contributed by atoms with Crippen molar-refractivity contribution >= 4 is 18.4 Å². The van der Waals surface area contributed by atoms with Crippen molar-refractivity contribution in [3.05, 3.63) is 0 Å². The molecule has 1 fully saturated rings. The van der Waals surface area contributed by atoms with Crippen molar-refractivity contribution in [1.29, 1.82) is 0 Å². The van der Waals surface area contributed by atoms with E-state index in [0.717, 1.165) is 12.8 Å². The van der Waals surface area contributed by atoms with Gasteiger partial charge < -0.3 is 10.4 Å². The fourth-order valence-corrected chi connectivity index (χ4v) is 0.519. The molecule has 9 heavy (non-hydrogen) atoms. The van der Waals surface area contributed by atoms with E-state index in [1.807, 2.05) is 0 Å². The molecule has 4 heteroatoms. The van der Waals surface area contributed by atoms with E-state index in [2.05, 4.69) is 5.32 Å². The van der Waals surface area contributed by atoms with E-state index in [1.54, 1.807) is 0 Å². The lowest BCUT2D eigenvalue weighted by Gasteiger charge is -1.93. The Kier molecular flexibility index (Phi) is 3.58. The Morgan fingerprint density at radius 3 is 2.56 bits per heavy atom. The summed E-state index contributed by atoms with van der Waals surface area (Å²) in [7, 11) is 0. The lowest BCUT2D eigenvalue weighted by molar-refractivity contribution is -0.136. The average molecular weight is 152 g/mol. The number of rotatable bonds is 3. The molecule has 0 bridgehead atoms. The van der Waals surface area contributed by atoms with Crippen LogP contribution in [0.25, 0.3) is 0 Å². The van der Waals surface area contributed by atoms with Crippen molar-refractivity contribution < 1.29 is 9.90 Å². The van der Waals surface area contributed by atoms with Gasteiger partial charge in [0.1, 0.15) is 0 Å². The third kappa shape index (κ3) is 4.24. The Hall–Kier alpha value is -0.280. The molecule has 0 radical (unpaired) electrons. The third-order valence-electron chi connectivity index (χ3n) is 1.12. The largest absolute Gasteiger partial charge is 0.480 e. The molecule has 0 aromatic heterocycles. The molecule has 1 saturated carbocycles. The molecule has 0 heterocycles. The zero-order valence-corrected chi connectivity index (χ0v) is 5.78. The maximum Gasteiger partial charge on any atom is 0.317 e. The normalized spacial score (nSPS) is 16.4. The van der Waals surface area contributed by atoms with Crippen LogP contribution in [0.3, 0.4) is 0 Å². The third-order valence-corrected chi connectivity index (χ3v) is 1.12. The van der Waals surface area contributed by atoms with Crippen LogP contribution in [0.4, 0.5) is 0 Å². The average Bonchev–Trinajstić information content (AvgIpc) is 2.41. The first-order valence-corrected chi connectivity index (χ1v) is 2.74. The molecule has 1 rings (SSSR count). The molecule has 0 unspecified atom stereocenters. The molecule has 3 nitrogen and oxygen atoms in total. The van der Waals surface area contributed by atoms with Gasteiger partial charge in [-0.2, -0.15) is 0 Å². The fraction of sp³-hybridized carbons (Fsp3) is 0.800. The highest BCUT2D eigenvalue weighted by molar-refractivity contribution is 5.85. The van der Waals surface area contributed by atoms with Crippen molar-refractivity contribution in [2.75, 3.05) is 6.54 Å². The molecule has 0 aliphatic heterocycles. The topological polar surface area (TPSA) is 49.3 Å². The summed E-state index contributed by atoms with van der Waals surface area (Å²) in [6.45, 7) is 0.116. The SMILES string of the molecule is Cl.O=C(O)CNC1CC1. The number of nitrogens with one attached hydrogen (secondary N) is 1. The highest BCUT2D eigenvalue weighted by Gasteiger charge is 2.20. The summed E-state index contributed by atoms with van der Waals surface area (Å²) in [5, 5.41) is 11.0. The van der Waals surface area contributed by atoms with Gasteiger partial charge in [-0.3, -0.25) is 4.79 Å². The monoisotopic (exact) mass is 151 g/mol. The fourth-order valence-electron chi connectivity index (χ4n) is 0.519. The van der Waals surface area contributed by atoms with Gasteiger partial charge in [-0.15, -0.1) is 12.4 Å². The Bertz CT molecular complexity index is 103. The van der Waals surface area contributed by atoms with Crippen LogP contribution in [0.15, 0.2) is 0 Å². The van der Waals surface area contributed by atoms with Crippen LogP contribution in [0.2, 0.25) is 0 Å². The predicted molar refractivity (Wildman–Crippen MR) is 35.9 cm³/mol. The molecule has 1 aliphatic carbocycles. The van der Waals surface area contributed by atoms with Gasteiger partial charge in [0, 0.05) is 6.04 Å². The van der Waals surface area contributed by atoms with Crippen molar-refractivity contribution in [3.8, 4) is 0 Å². The molecule has 0 saturated heterocycles. The molecule has 0 aromatic carbocycles. The maximum absolute atomic E-state index is 9.87. The molecule has 54 valence electrons. The van der Waals surface area contributed by atoms with E-state index in [1.165, 1.54) is 0 Å². The van der Waals surface area contributed by atoms with E-state index >= 15 is 0 Å². The van der Waals surface area contributed by atoms with E-state index < -0.39 is 5.97 Å². The Balaban J connectivity index is 0.000000640. The van der Waals surface area contributed by atoms with Crippen molar-refractivity contribution in [1.82, 2.24) is 5.32 Å². The van der Waals surface area contributed by atoms with Crippen LogP contribution in [0.1, 0.15) is 12.8 Å². The summed E-state index contributed by atoms with van der Waals surface area (Å²) < 4.78 is 0. The first kappa shape index (κ1) is 8.72. The minimum absolute atomic E-state index is 0. The quantitative estimate of drug-likeness (QED) is 0.608. The second-order valence-corrected chi connectivity index (χ2v) is 2.05. The van der Waals surface area contributed by atoms with Crippen LogP contribution in [0.5, 0.6) is 0 Å². The summed E-state index contributed by atoms with van der Waals surface area (Å²) in [4.78, 5) is 9.87. The predicted octanol–water partition coefficient (Wildman–Crippen LogP) is 0.245. The summed E-state index contributed by atoms with van der Waals surface area (Å²) in [5.74, 6) is -0.767. The Morgan fingerprint density at radius 1 is 1.67 bits per heavy atom. The first-order valence-electron chi connectivity index (χ1n) is 2.74. The maximum atomic E-state index is 9.87. The van der Waals surface area contributed by atoms with E-state index in [-0.39, 0.29) is 19.0 Å². The van der Waals surface area contributed by atoms with Gasteiger partial charge in [-0.1, -0.05) is 0 Å². The second-order valence-electron chi connectivity index (χ2n) is 2.05. The van der Waals surface area contributed by atoms with Crippen LogP contribution in [0, 0.1) is 0 Å². The van der Waals surface area contributed by atoms with Gasteiger partial charge in [0.15, 0.2) is 0 Å². The van der Waals surface area contributed by atoms with Gasteiger partial charge in [-0.05, 0) is 12.8 Å². The zero-order chi connectivity index (χ0) is 5.98. The number of carboxylic acid groups (broad SMARTS) is 1. The number of carboxylic acids is 1. The molecule has 0 amide bonds. The molecule has 2 N–H and O–H groups in total. The van der Waals surface area contributed by atoms with Gasteiger partial charge in [-0.25, -0.2) is 0 Å². The molecule has 0 aromatic rings. The molecular weight excluding hydrogens is 142 g/mol. The van der Waals surface area contributed by atoms with Gasteiger partial charge in [0.05, 0.1) is 6.54 Å². The molecular formula is C5H10ClNO2. The van der Waals surface area contributed by atoms with Crippen LogP contribution < -0.4 is 5.32 Å². The van der Waals surface area contributed by atoms with Gasteiger partial charge >= 0.3 is 5.97 Å². The van der Waals surface area contributed by atoms with Crippen molar-refractivity contribution in [3.63, 3.8) is 0 Å². The van der Waals surface area contributed by atoms with Crippen LogP contribution in [-0.2, 0) is 4.79 Å². The lowest BCUT2D eigenvalue weighted by Crippen LogP contribution is -2.24. The number of halogens is 1. The summed E-state index contributed by atoms with van der Waals surface area (Å²) in [6, 6.07) is 0.506. The Morgan fingerprint density at radius 2 is 2.22 bits per heavy atom. The highest BCUT2D eigenvalue weighted by Crippen LogP contribution is 2.17. The lowest BCUT2D eigenvalue weighted by atomic mass is 10.6. The standard InChI is InChI=1S/C5H9NO2.ClH/c7-5(8)3-6-4-1-2-4;/h4,6H,1-3H2,(H,7,8);1H. The van der Waals surface area contributed by atoms with E-state index in [4.69, 9.17) is 5.11 Å². The van der Waals surface area contributed by atoms with Crippen LogP contribution >= 0.6 is 12.4 Å².